The summed E-state index contributed by atoms with van der Waals surface area (Å²) in [4.78, 5) is 20.3. The van der Waals surface area contributed by atoms with Crippen LogP contribution in [0.4, 0.5) is 0 Å². The number of hydrogen-bond acceptors (Lipinski definition) is 5. The summed E-state index contributed by atoms with van der Waals surface area (Å²) in [6.45, 7) is 0. The Morgan fingerprint density at radius 2 is 2.25 bits per heavy atom. The molecule has 0 aliphatic heterocycles. The Balaban J connectivity index is 3.31. The van der Waals surface area contributed by atoms with Crippen molar-refractivity contribution in [2.45, 2.75) is 0 Å². The standard InChI is InChI=1S/C4H3N3O5/c5-3(8)2-1(4(9)10)6-12-7(2)11/h(H2,5,8)(H,9,10). The van der Waals surface area contributed by atoms with Gasteiger partial charge >= 0.3 is 11.7 Å². The van der Waals surface area contributed by atoms with Gasteiger partial charge in [-0.25, -0.2) is 4.79 Å². The summed E-state index contributed by atoms with van der Waals surface area (Å²) in [5.74, 6) is -2.76. The average molecular weight is 173 g/mol. The molecule has 1 aromatic heterocycles. The van der Waals surface area contributed by atoms with Gasteiger partial charge < -0.3 is 16.0 Å². The molecular formula is C4H3N3O5. The van der Waals surface area contributed by atoms with Crippen LogP contribution in [0.2, 0.25) is 0 Å². The van der Waals surface area contributed by atoms with Crippen molar-refractivity contribution < 1.29 is 24.2 Å². The molecule has 1 heterocycles. The second kappa shape index (κ2) is 2.49. The third kappa shape index (κ3) is 1.05. The van der Waals surface area contributed by atoms with E-state index in [1.165, 1.54) is 0 Å². The number of nitrogens with zero attached hydrogens (tertiary/aromatic N) is 2. The highest BCUT2D eigenvalue weighted by Gasteiger charge is 2.29. The van der Waals surface area contributed by atoms with Gasteiger partial charge in [0.2, 0.25) is 0 Å². The quantitative estimate of drug-likeness (QED) is 0.502. The van der Waals surface area contributed by atoms with Crippen LogP contribution in [0.1, 0.15) is 21.0 Å². The molecule has 1 amide bonds. The number of nitrogens with two attached hydrogens (primary N) is 1. The Morgan fingerprint density at radius 3 is 2.58 bits per heavy atom. The molecular weight excluding hydrogens is 170 g/mol. The van der Waals surface area contributed by atoms with Crippen molar-refractivity contribution in [3.05, 3.63) is 16.6 Å². The fraction of sp³-hybridized carbons (Fsp3) is 0. The Labute approximate surface area is 64.7 Å². The molecule has 8 heteroatoms. The summed E-state index contributed by atoms with van der Waals surface area (Å²) >= 11 is 0. The molecule has 3 N–H and O–H groups in total. The number of carbonyl (C=O) groups excluding carboxylic acids is 1. The Kier molecular flexibility index (Phi) is 1.66. The third-order valence-electron chi connectivity index (χ3n) is 1.05. The first kappa shape index (κ1) is 7.98. The molecule has 0 aromatic carbocycles. The lowest BCUT2D eigenvalue weighted by atomic mass is 10.3. The van der Waals surface area contributed by atoms with Crippen LogP contribution in [-0.4, -0.2) is 22.1 Å². The maximum absolute atomic E-state index is 10.5. The molecule has 0 saturated carbocycles. The molecule has 0 saturated heterocycles. The van der Waals surface area contributed by atoms with Crippen molar-refractivity contribution >= 4 is 11.9 Å². The van der Waals surface area contributed by atoms with Gasteiger partial charge in [-0.2, -0.15) is 0 Å². The summed E-state index contributed by atoms with van der Waals surface area (Å²) in [5.41, 5.74) is 3.06. The highest BCUT2D eigenvalue weighted by Crippen LogP contribution is 1.98. The van der Waals surface area contributed by atoms with E-state index in [2.05, 4.69) is 15.5 Å². The molecule has 0 spiro atoms. The van der Waals surface area contributed by atoms with E-state index in [4.69, 9.17) is 5.11 Å². The van der Waals surface area contributed by atoms with E-state index in [0.29, 0.717) is 0 Å². The first-order chi connectivity index (χ1) is 5.54. The van der Waals surface area contributed by atoms with Crippen molar-refractivity contribution in [2.75, 3.05) is 0 Å². The van der Waals surface area contributed by atoms with E-state index >= 15 is 0 Å². The minimum absolute atomic E-state index is 0.355. The molecule has 1 rings (SSSR count). The highest BCUT2D eigenvalue weighted by atomic mass is 16.8. The third-order valence-corrected chi connectivity index (χ3v) is 1.05. The molecule has 1 aromatic rings. The van der Waals surface area contributed by atoms with Gasteiger partial charge in [0.1, 0.15) is 0 Å². The SMILES string of the molecule is NC(=O)c1c(C(=O)O)no[n+]1[O-]. The summed E-state index contributed by atoms with van der Waals surface area (Å²) in [7, 11) is 0. The maximum atomic E-state index is 10.5. The molecule has 0 radical (unpaired) electrons. The molecule has 0 fully saturated rings. The Morgan fingerprint density at radius 1 is 1.67 bits per heavy atom. The van der Waals surface area contributed by atoms with E-state index in [1.807, 2.05) is 0 Å². The fourth-order valence-electron chi connectivity index (χ4n) is 0.595. The lowest BCUT2D eigenvalue weighted by molar-refractivity contribution is -0.803. The Bertz CT molecular complexity index is 342. The zero-order chi connectivity index (χ0) is 9.30. The number of rotatable bonds is 2. The minimum Gasteiger partial charge on any atom is -0.475 e. The lowest BCUT2D eigenvalue weighted by Gasteiger charge is -1.87. The predicted octanol–water partition coefficient (Wildman–Crippen LogP) is -1.89. The number of aromatic carboxylic acids is 1. The molecule has 0 unspecified atom stereocenters. The zero-order valence-corrected chi connectivity index (χ0v) is 5.55. The van der Waals surface area contributed by atoms with Crippen molar-refractivity contribution in [1.82, 2.24) is 5.16 Å². The number of amides is 1. The van der Waals surface area contributed by atoms with Gasteiger partial charge in [-0.05, 0) is 4.90 Å². The summed E-state index contributed by atoms with van der Waals surface area (Å²) < 4.78 is 3.85. The molecule has 8 nitrogen and oxygen atoms in total. The van der Waals surface area contributed by atoms with Crippen molar-refractivity contribution in [3.63, 3.8) is 0 Å². The van der Waals surface area contributed by atoms with E-state index in [1.54, 1.807) is 0 Å². The molecule has 0 bridgehead atoms. The normalized spacial score (nSPS) is 9.67. The van der Waals surface area contributed by atoms with Gasteiger partial charge in [0.15, 0.2) is 0 Å². The van der Waals surface area contributed by atoms with Gasteiger partial charge in [0.05, 0.1) is 5.16 Å². The topological polar surface area (TPSA) is 133 Å². The molecule has 0 atom stereocenters. The molecule has 64 valence electrons. The maximum Gasteiger partial charge on any atom is 0.387 e. The smallest absolute Gasteiger partial charge is 0.387 e. The van der Waals surface area contributed by atoms with Crippen molar-refractivity contribution in [3.8, 4) is 0 Å². The van der Waals surface area contributed by atoms with E-state index in [0.717, 1.165) is 0 Å². The first-order valence-corrected chi connectivity index (χ1v) is 2.67. The first-order valence-electron chi connectivity index (χ1n) is 2.67. The van der Waals surface area contributed by atoms with Gasteiger partial charge in [-0.15, -0.1) is 0 Å². The summed E-state index contributed by atoms with van der Waals surface area (Å²) in [5, 5.41) is 21.7. The second-order valence-corrected chi connectivity index (χ2v) is 1.80. The Hall–Kier alpha value is -2.12. The van der Waals surface area contributed by atoms with Crippen molar-refractivity contribution in [1.29, 1.82) is 0 Å². The highest BCUT2D eigenvalue weighted by molar-refractivity contribution is 5.99. The number of carboxylic acids is 1. The van der Waals surface area contributed by atoms with E-state index in [9.17, 15) is 14.8 Å². The van der Waals surface area contributed by atoms with E-state index in [-0.39, 0.29) is 4.90 Å². The fourth-order valence-corrected chi connectivity index (χ4v) is 0.595. The molecule has 0 aliphatic rings. The predicted molar refractivity (Wildman–Crippen MR) is 30.9 cm³/mol. The number of primary amides is 1. The largest absolute Gasteiger partial charge is 0.475 e. The van der Waals surface area contributed by atoms with E-state index < -0.39 is 23.3 Å². The molecule has 0 aliphatic carbocycles. The minimum atomic E-state index is -1.55. The van der Waals surface area contributed by atoms with Crippen LogP contribution in [0.25, 0.3) is 0 Å². The van der Waals surface area contributed by atoms with Crippen LogP contribution in [0.3, 0.4) is 0 Å². The van der Waals surface area contributed by atoms with Gasteiger partial charge in [0.25, 0.3) is 11.6 Å². The lowest BCUT2D eigenvalue weighted by Crippen LogP contribution is -2.35. The zero-order valence-electron chi connectivity index (χ0n) is 5.55. The van der Waals surface area contributed by atoms with Crippen LogP contribution in [-0.2, 0) is 0 Å². The number of carbonyl (C=O) groups is 2. The van der Waals surface area contributed by atoms with Crippen LogP contribution in [0, 0.1) is 5.21 Å². The number of aromatic nitrogens is 2. The van der Waals surface area contributed by atoms with Crippen LogP contribution in [0.15, 0.2) is 4.63 Å². The van der Waals surface area contributed by atoms with Crippen LogP contribution >= 0.6 is 0 Å². The van der Waals surface area contributed by atoms with Crippen molar-refractivity contribution in [2.24, 2.45) is 5.73 Å². The monoisotopic (exact) mass is 173 g/mol. The molecule has 12 heavy (non-hydrogen) atoms. The number of hydrogen-bond donors (Lipinski definition) is 2. The average Bonchev–Trinajstić information content (AvgIpc) is 2.30. The van der Waals surface area contributed by atoms with Crippen LogP contribution < -0.4 is 10.6 Å². The van der Waals surface area contributed by atoms with Gasteiger partial charge in [-0.3, -0.25) is 9.42 Å². The van der Waals surface area contributed by atoms with Gasteiger partial charge in [0, 0.05) is 0 Å². The second-order valence-electron chi connectivity index (χ2n) is 1.80. The number of carboxylic acid groups (broad SMARTS) is 1. The van der Waals surface area contributed by atoms with Crippen LogP contribution in [0.5, 0.6) is 0 Å². The summed E-state index contributed by atoms with van der Waals surface area (Å²) in [6.07, 6.45) is 0. The van der Waals surface area contributed by atoms with Gasteiger partial charge in [-0.1, -0.05) is 0 Å². The summed E-state index contributed by atoms with van der Waals surface area (Å²) in [6, 6.07) is 0.